The first kappa shape index (κ1) is 21.5. The molecule has 0 unspecified atom stereocenters. The Morgan fingerprint density at radius 2 is 1.86 bits per heavy atom. The minimum atomic E-state index is -0.475. The molecule has 9 heteroatoms. The molecule has 2 N–H and O–H groups in total. The van der Waals surface area contributed by atoms with Crippen molar-refractivity contribution < 1.29 is 19.1 Å². The van der Waals surface area contributed by atoms with Crippen molar-refractivity contribution in [2.45, 2.75) is 13.3 Å². The summed E-state index contributed by atoms with van der Waals surface area (Å²) in [5, 5.41) is 7.19. The molecule has 0 bridgehead atoms. The molecular formula is C19H19Cl2N3O4. The van der Waals surface area contributed by atoms with Crippen molar-refractivity contribution in [1.29, 1.82) is 0 Å². The maximum absolute atomic E-state index is 12.3. The summed E-state index contributed by atoms with van der Waals surface area (Å²) in [6.45, 7) is 1.62. The van der Waals surface area contributed by atoms with Gasteiger partial charge in [-0.15, -0.1) is 0 Å². The van der Waals surface area contributed by atoms with Gasteiger partial charge in [-0.25, -0.2) is 5.43 Å². The fourth-order valence-electron chi connectivity index (χ4n) is 2.26. The molecule has 2 amide bonds. The molecule has 0 radical (unpaired) electrons. The summed E-state index contributed by atoms with van der Waals surface area (Å²) in [6, 6.07) is 9.72. The zero-order valence-corrected chi connectivity index (χ0v) is 17.0. The van der Waals surface area contributed by atoms with Gasteiger partial charge in [0, 0.05) is 11.8 Å². The second-order valence-corrected chi connectivity index (χ2v) is 6.47. The van der Waals surface area contributed by atoms with E-state index in [-0.39, 0.29) is 22.9 Å². The number of nitrogens with one attached hydrogen (secondary N) is 2. The van der Waals surface area contributed by atoms with Crippen LogP contribution < -0.4 is 20.2 Å². The molecule has 2 rings (SSSR count). The largest absolute Gasteiger partial charge is 0.497 e. The lowest BCUT2D eigenvalue weighted by Crippen LogP contribution is -2.22. The van der Waals surface area contributed by atoms with Crippen LogP contribution in [0.2, 0.25) is 10.0 Å². The number of carbonyl (C=O) groups is 2. The van der Waals surface area contributed by atoms with Crippen molar-refractivity contribution in [1.82, 2.24) is 5.43 Å². The summed E-state index contributed by atoms with van der Waals surface area (Å²) in [7, 11) is 2.97. The summed E-state index contributed by atoms with van der Waals surface area (Å²) in [4.78, 5) is 24.4. The Labute approximate surface area is 172 Å². The summed E-state index contributed by atoms with van der Waals surface area (Å²) in [5.41, 5.74) is 3.49. The van der Waals surface area contributed by atoms with Crippen molar-refractivity contribution in [3.8, 4) is 11.5 Å². The van der Waals surface area contributed by atoms with E-state index in [1.54, 1.807) is 43.3 Å². The van der Waals surface area contributed by atoms with E-state index in [0.717, 1.165) is 0 Å². The number of methoxy groups -OCH3 is 2. The third-order valence-electron chi connectivity index (χ3n) is 3.64. The summed E-state index contributed by atoms with van der Waals surface area (Å²) < 4.78 is 10.3. The molecule has 0 fully saturated rings. The number of carbonyl (C=O) groups excluding carboxylic acids is 2. The maximum atomic E-state index is 12.3. The Morgan fingerprint density at radius 3 is 2.54 bits per heavy atom. The topological polar surface area (TPSA) is 89.0 Å². The highest BCUT2D eigenvalue weighted by molar-refractivity contribution is 6.44. The van der Waals surface area contributed by atoms with Crippen LogP contribution in [0.25, 0.3) is 0 Å². The first-order valence-corrected chi connectivity index (χ1v) is 8.90. The van der Waals surface area contributed by atoms with Crippen LogP contribution >= 0.6 is 23.2 Å². The normalized spacial score (nSPS) is 11.0. The molecule has 148 valence electrons. The van der Waals surface area contributed by atoms with Gasteiger partial charge in [-0.05, 0) is 31.2 Å². The predicted octanol–water partition coefficient (Wildman–Crippen LogP) is 4.15. The Kier molecular flexibility index (Phi) is 7.66. The number of anilines is 1. The third kappa shape index (κ3) is 5.61. The van der Waals surface area contributed by atoms with Crippen molar-refractivity contribution in [3.05, 3.63) is 52.0 Å². The van der Waals surface area contributed by atoms with E-state index in [1.807, 2.05) is 0 Å². The monoisotopic (exact) mass is 423 g/mol. The molecule has 0 saturated heterocycles. The first-order chi connectivity index (χ1) is 13.3. The lowest BCUT2D eigenvalue weighted by molar-refractivity contribution is -0.115. The van der Waals surface area contributed by atoms with Crippen molar-refractivity contribution in [2.75, 3.05) is 19.5 Å². The van der Waals surface area contributed by atoms with Crippen LogP contribution in [0.1, 0.15) is 23.7 Å². The van der Waals surface area contributed by atoms with E-state index in [1.165, 1.54) is 14.2 Å². The van der Waals surface area contributed by atoms with Gasteiger partial charge in [-0.3, -0.25) is 9.59 Å². The Bertz CT molecular complexity index is 916. The van der Waals surface area contributed by atoms with Crippen LogP contribution in [0.15, 0.2) is 41.5 Å². The second kappa shape index (κ2) is 9.96. The fourth-order valence-corrected chi connectivity index (χ4v) is 2.61. The molecule has 2 aromatic carbocycles. The Morgan fingerprint density at radius 1 is 1.11 bits per heavy atom. The van der Waals surface area contributed by atoms with E-state index in [2.05, 4.69) is 15.8 Å². The van der Waals surface area contributed by atoms with Crippen LogP contribution in [0.3, 0.4) is 0 Å². The standard InChI is InChI=1S/C19H19Cl2N3O4/c1-11(9-17(25)22-15-6-4-5-14(20)18(15)21)23-24-19(26)13-8-7-12(27-2)10-16(13)28-3/h4-8,10H,9H2,1-3H3,(H,22,25)(H,24,26)/b23-11+. The number of hydrazone groups is 1. The molecule has 0 saturated carbocycles. The molecule has 0 spiro atoms. The fraction of sp³-hybridized carbons (Fsp3) is 0.211. The number of halogens is 2. The first-order valence-electron chi connectivity index (χ1n) is 8.15. The van der Waals surface area contributed by atoms with E-state index in [4.69, 9.17) is 32.7 Å². The molecule has 0 aromatic heterocycles. The van der Waals surface area contributed by atoms with E-state index >= 15 is 0 Å². The van der Waals surface area contributed by atoms with E-state index in [9.17, 15) is 9.59 Å². The van der Waals surface area contributed by atoms with Crippen LogP contribution in [0.4, 0.5) is 5.69 Å². The minimum Gasteiger partial charge on any atom is -0.497 e. The van der Waals surface area contributed by atoms with Crippen LogP contribution in [0.5, 0.6) is 11.5 Å². The molecule has 0 aliphatic heterocycles. The predicted molar refractivity (Wildman–Crippen MR) is 110 cm³/mol. The van der Waals surface area contributed by atoms with E-state index < -0.39 is 5.91 Å². The van der Waals surface area contributed by atoms with Crippen LogP contribution in [-0.2, 0) is 4.79 Å². The van der Waals surface area contributed by atoms with Crippen molar-refractivity contribution >= 4 is 46.4 Å². The number of ether oxygens (including phenoxy) is 2. The average Bonchev–Trinajstić information content (AvgIpc) is 2.69. The van der Waals surface area contributed by atoms with Gasteiger partial charge in [0.15, 0.2) is 0 Å². The molecule has 0 aliphatic carbocycles. The quantitative estimate of drug-likeness (QED) is 0.517. The SMILES string of the molecule is COc1ccc(C(=O)N/N=C(\C)CC(=O)Nc2cccc(Cl)c2Cl)c(OC)c1. The number of benzene rings is 2. The number of hydrogen-bond donors (Lipinski definition) is 2. The summed E-state index contributed by atoms with van der Waals surface area (Å²) >= 11 is 12.0. The Hall–Kier alpha value is -2.77. The lowest BCUT2D eigenvalue weighted by Gasteiger charge is -2.10. The van der Waals surface area contributed by atoms with Gasteiger partial charge in [0.25, 0.3) is 5.91 Å². The van der Waals surface area contributed by atoms with Gasteiger partial charge in [-0.2, -0.15) is 5.10 Å². The molecule has 7 nitrogen and oxygen atoms in total. The van der Waals surface area contributed by atoms with Gasteiger partial charge >= 0.3 is 0 Å². The highest BCUT2D eigenvalue weighted by Crippen LogP contribution is 2.29. The lowest BCUT2D eigenvalue weighted by atomic mass is 10.2. The van der Waals surface area contributed by atoms with Gasteiger partial charge in [0.05, 0.1) is 41.9 Å². The smallest absolute Gasteiger partial charge is 0.275 e. The van der Waals surface area contributed by atoms with E-state index in [0.29, 0.717) is 27.9 Å². The molecule has 0 atom stereocenters. The maximum Gasteiger partial charge on any atom is 0.275 e. The summed E-state index contributed by atoms with van der Waals surface area (Å²) in [6.07, 6.45) is -0.0388. The van der Waals surface area contributed by atoms with Gasteiger partial charge < -0.3 is 14.8 Å². The number of rotatable bonds is 7. The summed E-state index contributed by atoms with van der Waals surface area (Å²) in [5.74, 6) is 0.0845. The zero-order valence-electron chi connectivity index (χ0n) is 15.5. The number of nitrogens with zero attached hydrogens (tertiary/aromatic N) is 1. The second-order valence-electron chi connectivity index (χ2n) is 5.68. The van der Waals surface area contributed by atoms with Gasteiger partial charge in [-0.1, -0.05) is 29.3 Å². The van der Waals surface area contributed by atoms with Crippen LogP contribution in [0, 0.1) is 0 Å². The minimum absolute atomic E-state index is 0.0388. The van der Waals surface area contributed by atoms with Crippen molar-refractivity contribution in [2.24, 2.45) is 5.10 Å². The van der Waals surface area contributed by atoms with Gasteiger partial charge in [0.2, 0.25) is 5.91 Å². The van der Waals surface area contributed by atoms with Crippen LogP contribution in [-0.4, -0.2) is 31.7 Å². The molecule has 2 aromatic rings. The molecule has 0 aliphatic rings. The number of amides is 2. The molecule has 28 heavy (non-hydrogen) atoms. The zero-order chi connectivity index (χ0) is 20.7. The molecule has 0 heterocycles. The van der Waals surface area contributed by atoms with Gasteiger partial charge in [0.1, 0.15) is 11.5 Å². The Balaban J connectivity index is 1.99. The third-order valence-corrected chi connectivity index (χ3v) is 4.46. The average molecular weight is 424 g/mol. The number of hydrogen-bond acceptors (Lipinski definition) is 5. The molecular weight excluding hydrogens is 405 g/mol. The highest BCUT2D eigenvalue weighted by Gasteiger charge is 2.14. The van der Waals surface area contributed by atoms with Crippen molar-refractivity contribution in [3.63, 3.8) is 0 Å². The highest BCUT2D eigenvalue weighted by atomic mass is 35.5.